The van der Waals surface area contributed by atoms with E-state index in [1.807, 2.05) is 78.9 Å². The highest BCUT2D eigenvalue weighted by molar-refractivity contribution is 6.17. The van der Waals surface area contributed by atoms with Crippen LogP contribution in [0.5, 0.6) is 0 Å². The number of benzene rings is 7. The molecule has 0 unspecified atom stereocenters. The van der Waals surface area contributed by atoms with E-state index in [4.69, 9.17) is 4.42 Å². The zero-order chi connectivity index (χ0) is 32.6. The topological polar surface area (TPSA) is 70.6 Å². The van der Waals surface area contributed by atoms with Crippen molar-refractivity contribution in [2.75, 3.05) is 0 Å². The second kappa shape index (κ2) is 10.2. The van der Waals surface area contributed by atoms with Crippen LogP contribution in [0.3, 0.4) is 0 Å². The summed E-state index contributed by atoms with van der Waals surface area (Å²) in [6, 6.07) is 54.1. The molecule has 226 valence electrons. The third kappa shape index (κ3) is 3.85. The van der Waals surface area contributed by atoms with Gasteiger partial charge in [-0.15, -0.1) is 0 Å². The van der Waals surface area contributed by atoms with Gasteiger partial charge in [-0.1, -0.05) is 84.9 Å². The summed E-state index contributed by atoms with van der Waals surface area (Å²) in [7, 11) is 0. The van der Waals surface area contributed by atoms with Crippen molar-refractivity contribution < 1.29 is 4.42 Å². The summed E-state index contributed by atoms with van der Waals surface area (Å²) in [6.45, 7) is 0. The van der Waals surface area contributed by atoms with E-state index in [0.29, 0.717) is 11.1 Å². The lowest BCUT2D eigenvalue weighted by Gasteiger charge is -2.17. The Morgan fingerprint density at radius 3 is 1.73 bits per heavy atom. The van der Waals surface area contributed by atoms with Crippen molar-refractivity contribution in [3.05, 3.63) is 157 Å². The molecule has 3 aromatic heterocycles. The zero-order valence-corrected chi connectivity index (χ0v) is 26.1. The predicted molar refractivity (Wildman–Crippen MR) is 197 cm³/mol. The average molecular weight is 625 g/mol. The molecule has 0 radical (unpaired) electrons. The van der Waals surface area contributed by atoms with E-state index >= 15 is 0 Å². The Labute approximate surface area is 280 Å². The SMILES string of the molecule is N#Cc1ccc(-c2ccc(-n3c4ccccc4c4cc5oc6ccccc6c5cc43)cc2C#N)c(-n2c3ccccc3c3ccccc32)c1. The molecule has 0 fully saturated rings. The molecule has 0 saturated carbocycles. The van der Waals surface area contributed by atoms with Crippen molar-refractivity contribution in [2.24, 2.45) is 0 Å². The average Bonchev–Trinajstić information content (AvgIpc) is 3.80. The first-order valence-electron chi connectivity index (χ1n) is 16.1. The molecular formula is C44H24N4O. The number of furan rings is 1. The smallest absolute Gasteiger partial charge is 0.136 e. The summed E-state index contributed by atoms with van der Waals surface area (Å²) in [5.74, 6) is 0. The van der Waals surface area contributed by atoms with E-state index in [0.717, 1.165) is 88.1 Å². The lowest BCUT2D eigenvalue weighted by atomic mass is 9.96. The minimum absolute atomic E-state index is 0.546. The van der Waals surface area contributed by atoms with Gasteiger partial charge in [0, 0.05) is 49.1 Å². The maximum atomic E-state index is 10.7. The Balaban J connectivity index is 1.23. The zero-order valence-electron chi connectivity index (χ0n) is 26.1. The molecule has 0 aliphatic heterocycles. The van der Waals surface area contributed by atoms with E-state index in [1.54, 1.807) is 0 Å². The van der Waals surface area contributed by atoms with Crippen LogP contribution >= 0.6 is 0 Å². The van der Waals surface area contributed by atoms with E-state index in [-0.39, 0.29) is 0 Å². The van der Waals surface area contributed by atoms with E-state index in [2.05, 4.69) is 88.0 Å². The predicted octanol–water partition coefficient (Wildman–Crippen LogP) is 11.2. The highest BCUT2D eigenvalue weighted by Gasteiger charge is 2.20. The van der Waals surface area contributed by atoms with Crippen LogP contribution in [-0.2, 0) is 0 Å². The number of fused-ring (bicyclic) bond motifs is 9. The fraction of sp³-hybridized carbons (Fsp3) is 0. The molecule has 0 amide bonds. The quantitative estimate of drug-likeness (QED) is 0.196. The van der Waals surface area contributed by atoms with Gasteiger partial charge in [-0.25, -0.2) is 0 Å². The Bertz CT molecular complexity index is 3030. The Morgan fingerprint density at radius 1 is 0.429 bits per heavy atom. The number of aromatic nitrogens is 2. The molecule has 10 rings (SSSR count). The first-order valence-corrected chi connectivity index (χ1v) is 16.1. The summed E-state index contributed by atoms with van der Waals surface area (Å²) in [5, 5.41) is 27.2. The monoisotopic (exact) mass is 624 g/mol. The van der Waals surface area contributed by atoms with Crippen LogP contribution in [-0.4, -0.2) is 9.13 Å². The molecule has 0 saturated heterocycles. The van der Waals surface area contributed by atoms with Crippen LogP contribution in [0.15, 0.2) is 150 Å². The molecule has 0 N–H and O–H groups in total. The van der Waals surface area contributed by atoms with Gasteiger partial charge in [0.1, 0.15) is 11.2 Å². The second-order valence-electron chi connectivity index (χ2n) is 12.4. The number of nitrogens with zero attached hydrogens (tertiary/aromatic N) is 4. The molecule has 0 bridgehead atoms. The summed E-state index contributed by atoms with van der Waals surface area (Å²) >= 11 is 0. The van der Waals surface area contributed by atoms with E-state index < -0.39 is 0 Å². The third-order valence-corrected chi connectivity index (χ3v) is 9.79. The summed E-state index contributed by atoms with van der Waals surface area (Å²) < 4.78 is 10.7. The van der Waals surface area contributed by atoms with Crippen LogP contribution in [0.25, 0.3) is 88.1 Å². The van der Waals surface area contributed by atoms with Crippen LogP contribution in [0.2, 0.25) is 0 Å². The highest BCUT2D eigenvalue weighted by atomic mass is 16.3. The lowest BCUT2D eigenvalue weighted by molar-refractivity contribution is 0.669. The van der Waals surface area contributed by atoms with Gasteiger partial charge in [-0.05, 0) is 60.7 Å². The van der Waals surface area contributed by atoms with Gasteiger partial charge in [0.05, 0.1) is 51.0 Å². The molecule has 10 aromatic rings. The van der Waals surface area contributed by atoms with Gasteiger partial charge in [0.2, 0.25) is 0 Å². The third-order valence-electron chi connectivity index (χ3n) is 9.79. The fourth-order valence-electron chi connectivity index (χ4n) is 7.66. The Hall–Kier alpha value is -7.08. The molecule has 0 aliphatic rings. The lowest BCUT2D eigenvalue weighted by Crippen LogP contribution is -2.00. The molecule has 49 heavy (non-hydrogen) atoms. The number of rotatable bonds is 3. The Morgan fingerprint density at radius 2 is 1.04 bits per heavy atom. The molecular weight excluding hydrogens is 601 g/mol. The first-order chi connectivity index (χ1) is 24.2. The number of hydrogen-bond acceptors (Lipinski definition) is 3. The summed E-state index contributed by atoms with van der Waals surface area (Å²) in [6.07, 6.45) is 0. The normalized spacial score (nSPS) is 11.6. The van der Waals surface area contributed by atoms with Gasteiger partial charge in [0.25, 0.3) is 0 Å². The van der Waals surface area contributed by atoms with Crippen LogP contribution in [0.4, 0.5) is 0 Å². The standard InChI is InChI=1S/C44H24N4O/c45-25-27-17-19-34(41(21-27)48-39-14-6-1-9-31(39)32-10-2-7-15-40(32)48)30-20-18-29(22-28(30)26-46)47-38-13-5-3-11-33(38)36-24-44-37(23-42(36)47)35-12-4-8-16-43(35)49-44/h1-24H. The largest absolute Gasteiger partial charge is 0.456 e. The minimum atomic E-state index is 0.546. The fourth-order valence-corrected chi connectivity index (χ4v) is 7.66. The van der Waals surface area contributed by atoms with Gasteiger partial charge >= 0.3 is 0 Å². The van der Waals surface area contributed by atoms with Crippen molar-refractivity contribution in [1.29, 1.82) is 10.5 Å². The maximum absolute atomic E-state index is 10.7. The van der Waals surface area contributed by atoms with E-state index in [1.165, 1.54) is 0 Å². The second-order valence-corrected chi connectivity index (χ2v) is 12.4. The van der Waals surface area contributed by atoms with Crippen molar-refractivity contribution >= 4 is 65.6 Å². The van der Waals surface area contributed by atoms with Gasteiger partial charge in [0.15, 0.2) is 0 Å². The highest BCUT2D eigenvalue weighted by Crippen LogP contribution is 2.41. The number of hydrogen-bond donors (Lipinski definition) is 0. The van der Waals surface area contributed by atoms with E-state index in [9.17, 15) is 10.5 Å². The van der Waals surface area contributed by atoms with Crippen molar-refractivity contribution in [2.45, 2.75) is 0 Å². The maximum Gasteiger partial charge on any atom is 0.136 e. The molecule has 5 nitrogen and oxygen atoms in total. The minimum Gasteiger partial charge on any atom is -0.456 e. The number of nitriles is 2. The molecule has 3 heterocycles. The molecule has 0 atom stereocenters. The van der Waals surface area contributed by atoms with Crippen molar-refractivity contribution in [1.82, 2.24) is 9.13 Å². The molecule has 0 spiro atoms. The first kappa shape index (κ1) is 27.1. The van der Waals surface area contributed by atoms with Crippen LogP contribution < -0.4 is 0 Å². The van der Waals surface area contributed by atoms with Gasteiger partial charge in [-0.3, -0.25) is 0 Å². The van der Waals surface area contributed by atoms with Crippen LogP contribution in [0.1, 0.15) is 11.1 Å². The number of para-hydroxylation sites is 4. The molecule has 7 aromatic carbocycles. The molecule has 5 heteroatoms. The van der Waals surface area contributed by atoms with Gasteiger partial charge in [-0.2, -0.15) is 10.5 Å². The summed E-state index contributed by atoms with van der Waals surface area (Å²) in [5.41, 5.74) is 10.4. The Kier molecular flexibility index (Phi) is 5.64. The van der Waals surface area contributed by atoms with Crippen molar-refractivity contribution in [3.8, 4) is 34.6 Å². The van der Waals surface area contributed by atoms with Crippen LogP contribution in [0, 0.1) is 22.7 Å². The summed E-state index contributed by atoms with van der Waals surface area (Å²) in [4.78, 5) is 0. The van der Waals surface area contributed by atoms with Gasteiger partial charge < -0.3 is 13.6 Å². The van der Waals surface area contributed by atoms with Crippen molar-refractivity contribution in [3.63, 3.8) is 0 Å². The molecule has 0 aliphatic carbocycles.